The molecule has 5 heteroatoms. The molecule has 0 saturated heterocycles. The first-order valence-electron chi connectivity index (χ1n) is 6.52. The van der Waals surface area contributed by atoms with Crippen LogP contribution in [0, 0.1) is 5.92 Å². The van der Waals surface area contributed by atoms with E-state index in [-0.39, 0.29) is 11.8 Å². The highest BCUT2D eigenvalue weighted by Gasteiger charge is 2.04. The Morgan fingerprint density at radius 1 is 1.22 bits per heavy atom. The Morgan fingerprint density at radius 2 is 1.72 bits per heavy atom. The van der Waals surface area contributed by atoms with Gasteiger partial charge in [0, 0.05) is 40.0 Å². The average molecular weight is 259 g/mol. The summed E-state index contributed by atoms with van der Waals surface area (Å²) in [6, 6.07) is 0. The topological polar surface area (TPSA) is 75.4 Å². The maximum atomic E-state index is 11.0. The second kappa shape index (κ2) is 12.4. The normalized spacial score (nSPS) is 9.50. The molecule has 5 nitrogen and oxygen atoms in total. The molecule has 0 aliphatic rings. The van der Waals surface area contributed by atoms with Crippen LogP contribution in [0.15, 0.2) is 0 Å². The van der Waals surface area contributed by atoms with Crippen molar-refractivity contribution >= 4 is 11.8 Å². The van der Waals surface area contributed by atoms with Crippen LogP contribution < -0.4 is 11.1 Å². The number of hydrogen-bond donors (Lipinski definition) is 2. The van der Waals surface area contributed by atoms with E-state index in [1.165, 1.54) is 11.3 Å². The Kier molecular flexibility index (Phi) is 13.2. The Morgan fingerprint density at radius 3 is 2.06 bits per heavy atom. The summed E-state index contributed by atoms with van der Waals surface area (Å²) in [6.45, 7) is 7.37. The molecule has 0 radical (unpaired) electrons. The third kappa shape index (κ3) is 14.9. The van der Waals surface area contributed by atoms with Crippen molar-refractivity contribution < 1.29 is 9.59 Å². The minimum atomic E-state index is -0.103. The lowest BCUT2D eigenvalue weighted by Gasteiger charge is -2.10. The highest BCUT2D eigenvalue weighted by molar-refractivity contribution is 5.78. The van der Waals surface area contributed by atoms with Crippen LogP contribution in [0.1, 0.15) is 40.0 Å². The zero-order valence-electron chi connectivity index (χ0n) is 12.5. The molecular formula is C13H29N3O2. The number of rotatable bonds is 6. The molecule has 0 atom stereocenters. The van der Waals surface area contributed by atoms with Gasteiger partial charge in [-0.15, -0.1) is 0 Å². The van der Waals surface area contributed by atoms with E-state index < -0.39 is 0 Å². The van der Waals surface area contributed by atoms with Crippen molar-refractivity contribution in [1.29, 1.82) is 0 Å². The Balaban J connectivity index is 0. The van der Waals surface area contributed by atoms with Gasteiger partial charge < -0.3 is 16.0 Å². The molecule has 3 N–H and O–H groups in total. The maximum absolute atomic E-state index is 11.0. The number of carbonyl (C=O) groups is 2. The molecule has 0 spiro atoms. The minimum absolute atomic E-state index is 0.00745. The van der Waals surface area contributed by atoms with E-state index in [1.807, 2.05) is 0 Å². The van der Waals surface area contributed by atoms with Crippen molar-refractivity contribution in [1.82, 2.24) is 10.2 Å². The van der Waals surface area contributed by atoms with Crippen LogP contribution in [0.3, 0.4) is 0 Å². The third-order valence-corrected chi connectivity index (χ3v) is 2.35. The molecule has 0 aromatic rings. The fourth-order valence-corrected chi connectivity index (χ4v) is 0.752. The SMILES string of the molecule is CCC(C)C.CN(C)C(=O)CCNC(=O)CCN. The number of nitrogens with two attached hydrogens (primary N) is 1. The lowest BCUT2D eigenvalue weighted by atomic mass is 10.2. The number of hydrogen-bond acceptors (Lipinski definition) is 3. The Bertz CT molecular complexity index is 228. The van der Waals surface area contributed by atoms with E-state index in [9.17, 15) is 9.59 Å². The standard InChI is InChI=1S/C8H17N3O2.C5H12/c1-11(2)8(13)4-6-10-7(12)3-5-9;1-4-5(2)3/h3-6,9H2,1-2H3,(H,10,12);5H,4H2,1-3H3. The van der Waals surface area contributed by atoms with Crippen molar-refractivity contribution in [3.63, 3.8) is 0 Å². The molecule has 0 saturated carbocycles. The lowest BCUT2D eigenvalue weighted by Crippen LogP contribution is -2.31. The zero-order valence-corrected chi connectivity index (χ0v) is 12.5. The van der Waals surface area contributed by atoms with Crippen LogP contribution in [0.2, 0.25) is 0 Å². The first-order valence-corrected chi connectivity index (χ1v) is 6.52. The van der Waals surface area contributed by atoms with Gasteiger partial charge in [-0.2, -0.15) is 0 Å². The first-order chi connectivity index (χ1) is 8.34. The van der Waals surface area contributed by atoms with Crippen molar-refractivity contribution in [2.24, 2.45) is 11.7 Å². The second-order valence-corrected chi connectivity index (χ2v) is 4.73. The monoisotopic (exact) mass is 259 g/mol. The predicted molar refractivity (Wildman–Crippen MR) is 75.1 cm³/mol. The number of carbonyl (C=O) groups excluding carboxylic acids is 2. The molecule has 2 amide bonds. The molecule has 0 heterocycles. The molecule has 0 aliphatic heterocycles. The van der Waals surface area contributed by atoms with Crippen molar-refractivity contribution in [2.75, 3.05) is 27.2 Å². The van der Waals surface area contributed by atoms with E-state index >= 15 is 0 Å². The molecule has 0 fully saturated rings. The molecular weight excluding hydrogens is 230 g/mol. The van der Waals surface area contributed by atoms with Gasteiger partial charge in [-0.1, -0.05) is 27.2 Å². The van der Waals surface area contributed by atoms with E-state index in [0.717, 1.165) is 5.92 Å². The molecule has 108 valence electrons. The van der Waals surface area contributed by atoms with Gasteiger partial charge in [-0.3, -0.25) is 9.59 Å². The summed E-state index contributed by atoms with van der Waals surface area (Å²) in [7, 11) is 3.37. The average Bonchev–Trinajstić information content (AvgIpc) is 2.29. The van der Waals surface area contributed by atoms with Crippen LogP contribution in [0.5, 0.6) is 0 Å². The van der Waals surface area contributed by atoms with Gasteiger partial charge in [0.2, 0.25) is 11.8 Å². The van der Waals surface area contributed by atoms with Gasteiger partial charge in [0.15, 0.2) is 0 Å². The van der Waals surface area contributed by atoms with Gasteiger partial charge in [-0.25, -0.2) is 0 Å². The molecule has 0 aromatic carbocycles. The van der Waals surface area contributed by atoms with Crippen molar-refractivity contribution in [3.8, 4) is 0 Å². The van der Waals surface area contributed by atoms with E-state index in [4.69, 9.17) is 5.73 Å². The highest BCUT2D eigenvalue weighted by Crippen LogP contribution is 1.93. The molecule has 0 unspecified atom stereocenters. The molecule has 0 aliphatic carbocycles. The van der Waals surface area contributed by atoms with Gasteiger partial charge in [0.05, 0.1) is 0 Å². The molecule has 0 rings (SSSR count). The zero-order chi connectivity index (χ0) is 14.6. The predicted octanol–water partition coefficient (Wildman–Crippen LogP) is 0.982. The summed E-state index contributed by atoms with van der Waals surface area (Å²) >= 11 is 0. The minimum Gasteiger partial charge on any atom is -0.356 e. The van der Waals surface area contributed by atoms with Crippen LogP contribution in [0.25, 0.3) is 0 Å². The summed E-state index contributed by atoms with van der Waals surface area (Å²) in [5.41, 5.74) is 5.17. The first kappa shape index (κ1) is 19.2. The van der Waals surface area contributed by atoms with E-state index in [2.05, 4.69) is 26.1 Å². The Hall–Kier alpha value is -1.10. The van der Waals surface area contributed by atoms with Gasteiger partial charge in [0.1, 0.15) is 0 Å². The fourth-order valence-electron chi connectivity index (χ4n) is 0.752. The van der Waals surface area contributed by atoms with Crippen LogP contribution in [-0.2, 0) is 9.59 Å². The summed E-state index contributed by atoms with van der Waals surface area (Å²) in [6.07, 6.45) is 1.96. The van der Waals surface area contributed by atoms with Crippen LogP contribution in [-0.4, -0.2) is 43.9 Å². The third-order valence-electron chi connectivity index (χ3n) is 2.35. The summed E-state index contributed by atoms with van der Waals surface area (Å²) < 4.78 is 0. The lowest BCUT2D eigenvalue weighted by molar-refractivity contribution is -0.128. The fraction of sp³-hybridized carbons (Fsp3) is 0.846. The highest BCUT2D eigenvalue weighted by atomic mass is 16.2. The summed E-state index contributed by atoms with van der Waals surface area (Å²) in [5, 5.41) is 2.60. The molecule has 0 aromatic heterocycles. The maximum Gasteiger partial charge on any atom is 0.223 e. The number of amides is 2. The van der Waals surface area contributed by atoms with Crippen molar-refractivity contribution in [2.45, 2.75) is 40.0 Å². The van der Waals surface area contributed by atoms with Gasteiger partial charge in [0.25, 0.3) is 0 Å². The molecule has 18 heavy (non-hydrogen) atoms. The van der Waals surface area contributed by atoms with Crippen LogP contribution in [0.4, 0.5) is 0 Å². The van der Waals surface area contributed by atoms with Gasteiger partial charge >= 0.3 is 0 Å². The Labute approximate surface area is 111 Å². The van der Waals surface area contributed by atoms with Crippen molar-refractivity contribution in [3.05, 3.63) is 0 Å². The quantitative estimate of drug-likeness (QED) is 0.746. The molecule has 0 bridgehead atoms. The number of nitrogens with one attached hydrogen (secondary N) is 1. The van der Waals surface area contributed by atoms with E-state index in [0.29, 0.717) is 25.9 Å². The van der Waals surface area contributed by atoms with Crippen LogP contribution >= 0.6 is 0 Å². The van der Waals surface area contributed by atoms with Gasteiger partial charge in [-0.05, 0) is 5.92 Å². The largest absolute Gasteiger partial charge is 0.356 e. The number of nitrogens with zero attached hydrogens (tertiary/aromatic N) is 1. The summed E-state index contributed by atoms with van der Waals surface area (Å²) in [4.78, 5) is 23.4. The summed E-state index contributed by atoms with van der Waals surface area (Å²) in [5.74, 6) is 0.789. The van der Waals surface area contributed by atoms with E-state index in [1.54, 1.807) is 14.1 Å². The second-order valence-electron chi connectivity index (χ2n) is 4.73. The smallest absolute Gasteiger partial charge is 0.223 e.